The largest absolute Gasteiger partial charge is 0.467 e. The zero-order valence-electron chi connectivity index (χ0n) is 13.7. The molecule has 7 nitrogen and oxygen atoms in total. The van der Waals surface area contributed by atoms with E-state index in [0.717, 1.165) is 11.3 Å². The minimum Gasteiger partial charge on any atom is -0.467 e. The van der Waals surface area contributed by atoms with Crippen molar-refractivity contribution >= 4 is 11.6 Å². The molecular formula is C19H14N4O3. The molecule has 0 unspecified atom stereocenters. The van der Waals surface area contributed by atoms with Crippen LogP contribution >= 0.6 is 0 Å². The van der Waals surface area contributed by atoms with Crippen molar-refractivity contribution in [1.29, 1.82) is 0 Å². The smallest absolute Gasteiger partial charge is 0.278 e. The maximum Gasteiger partial charge on any atom is 0.278 e. The van der Waals surface area contributed by atoms with Crippen LogP contribution in [0.3, 0.4) is 0 Å². The predicted octanol–water partition coefficient (Wildman–Crippen LogP) is 2.44. The predicted molar refractivity (Wildman–Crippen MR) is 93.5 cm³/mol. The summed E-state index contributed by atoms with van der Waals surface area (Å²) < 4.78 is 6.69. The summed E-state index contributed by atoms with van der Waals surface area (Å²) in [6, 6.07) is 15.0. The van der Waals surface area contributed by atoms with Gasteiger partial charge in [0.05, 0.1) is 30.6 Å². The van der Waals surface area contributed by atoms with Gasteiger partial charge < -0.3 is 9.32 Å². The maximum absolute atomic E-state index is 12.8. The van der Waals surface area contributed by atoms with Crippen LogP contribution in [0.4, 0.5) is 0 Å². The molecule has 0 saturated heterocycles. The number of H-pyrrole nitrogens is 1. The lowest BCUT2D eigenvalue weighted by Gasteiger charge is -2.12. The Morgan fingerprint density at radius 1 is 1.12 bits per heavy atom. The second-order valence-electron chi connectivity index (χ2n) is 6.21. The minimum atomic E-state index is -0.251. The Bertz CT molecular complexity index is 1170. The second-order valence-corrected chi connectivity index (χ2v) is 6.21. The summed E-state index contributed by atoms with van der Waals surface area (Å²) in [5.41, 5.74) is 2.53. The van der Waals surface area contributed by atoms with Crippen molar-refractivity contribution in [3.05, 3.63) is 82.2 Å². The average Bonchev–Trinajstić information content (AvgIpc) is 3.38. The lowest BCUT2D eigenvalue weighted by atomic mass is 10.2. The molecule has 1 N–H and O–H groups in total. The third kappa shape index (κ3) is 2.17. The number of amides is 1. The summed E-state index contributed by atoms with van der Waals surface area (Å²) in [4.78, 5) is 31.5. The van der Waals surface area contributed by atoms with Crippen molar-refractivity contribution in [3.8, 4) is 11.3 Å². The first-order chi connectivity index (χ1) is 12.7. The number of hydrogen-bond donors (Lipinski definition) is 1. The van der Waals surface area contributed by atoms with Crippen LogP contribution in [0.1, 0.15) is 21.8 Å². The molecule has 1 amide bonds. The lowest BCUT2D eigenvalue weighted by Crippen LogP contribution is -2.23. The molecule has 1 aliphatic heterocycles. The van der Waals surface area contributed by atoms with Crippen LogP contribution in [0, 0.1) is 0 Å². The zero-order chi connectivity index (χ0) is 17.7. The molecule has 7 heteroatoms. The number of aromatic nitrogens is 3. The highest BCUT2D eigenvalue weighted by molar-refractivity contribution is 5.96. The molecule has 128 valence electrons. The Morgan fingerprint density at radius 2 is 1.96 bits per heavy atom. The van der Waals surface area contributed by atoms with Crippen LogP contribution in [-0.2, 0) is 13.1 Å². The summed E-state index contributed by atoms with van der Waals surface area (Å²) in [5, 5.41) is 3.08. The van der Waals surface area contributed by atoms with E-state index in [9.17, 15) is 9.59 Å². The molecule has 4 heterocycles. The standard InChI is InChI=1S/C19H14N4O3/c24-18-14-11-22(10-13-7-4-8-26-13)19(25)17(14)20-16-9-15(21-23(16)18)12-5-2-1-3-6-12/h1-9,21H,10-11H2. The molecule has 0 atom stereocenters. The van der Waals surface area contributed by atoms with E-state index in [1.54, 1.807) is 29.4 Å². The van der Waals surface area contributed by atoms with Gasteiger partial charge in [-0.1, -0.05) is 30.3 Å². The molecule has 0 fully saturated rings. The van der Waals surface area contributed by atoms with Gasteiger partial charge in [-0.2, -0.15) is 0 Å². The topological polar surface area (TPSA) is 83.6 Å². The Balaban J connectivity index is 1.57. The van der Waals surface area contributed by atoms with Gasteiger partial charge in [0.2, 0.25) is 0 Å². The summed E-state index contributed by atoms with van der Waals surface area (Å²) in [7, 11) is 0. The van der Waals surface area contributed by atoms with Gasteiger partial charge in [-0.15, -0.1) is 0 Å². The molecule has 5 rings (SSSR count). The number of nitrogens with zero attached hydrogens (tertiary/aromatic N) is 3. The van der Waals surface area contributed by atoms with E-state index in [1.165, 1.54) is 4.52 Å². The van der Waals surface area contributed by atoms with Gasteiger partial charge in [0.15, 0.2) is 5.65 Å². The molecule has 26 heavy (non-hydrogen) atoms. The van der Waals surface area contributed by atoms with Crippen LogP contribution in [0.25, 0.3) is 16.9 Å². The summed E-state index contributed by atoms with van der Waals surface area (Å²) in [6.45, 7) is 0.541. The second kappa shape index (κ2) is 5.45. The van der Waals surface area contributed by atoms with Gasteiger partial charge in [-0.25, -0.2) is 9.50 Å². The van der Waals surface area contributed by atoms with E-state index in [4.69, 9.17) is 4.42 Å². The van der Waals surface area contributed by atoms with Crippen molar-refractivity contribution in [2.45, 2.75) is 13.1 Å². The van der Waals surface area contributed by atoms with Gasteiger partial charge in [0.25, 0.3) is 11.5 Å². The molecular weight excluding hydrogens is 332 g/mol. The third-order valence-corrected chi connectivity index (χ3v) is 4.56. The molecule has 0 radical (unpaired) electrons. The Hall–Kier alpha value is -3.61. The van der Waals surface area contributed by atoms with Crippen LogP contribution in [0.2, 0.25) is 0 Å². The zero-order valence-corrected chi connectivity index (χ0v) is 13.7. The van der Waals surface area contributed by atoms with Crippen LogP contribution in [0.5, 0.6) is 0 Å². The van der Waals surface area contributed by atoms with Gasteiger partial charge in [-0.3, -0.25) is 14.7 Å². The van der Waals surface area contributed by atoms with Crippen molar-refractivity contribution in [2.24, 2.45) is 0 Å². The van der Waals surface area contributed by atoms with Crippen LogP contribution in [0.15, 0.2) is 64.0 Å². The number of hydrogen-bond acceptors (Lipinski definition) is 4. The number of rotatable bonds is 3. The summed E-state index contributed by atoms with van der Waals surface area (Å²) in [6.07, 6.45) is 1.56. The first-order valence-corrected chi connectivity index (χ1v) is 8.22. The molecule has 3 aromatic heterocycles. The molecule has 0 saturated carbocycles. The SMILES string of the molecule is O=C1c2nc3cc(-c4ccccc4)[nH]n3c(=O)c2CN1Cc1ccco1. The first-order valence-electron chi connectivity index (χ1n) is 8.22. The summed E-state index contributed by atoms with van der Waals surface area (Å²) >= 11 is 0. The number of benzene rings is 1. The molecule has 4 aromatic rings. The maximum atomic E-state index is 12.8. The van der Waals surface area contributed by atoms with Crippen LogP contribution < -0.4 is 5.56 Å². The van der Waals surface area contributed by atoms with E-state index in [0.29, 0.717) is 23.5 Å². The number of aromatic amines is 1. The number of carbonyl (C=O) groups excluding carboxylic acids is 1. The van der Waals surface area contributed by atoms with E-state index < -0.39 is 0 Å². The lowest BCUT2D eigenvalue weighted by molar-refractivity contribution is 0.0751. The fraction of sp³-hybridized carbons (Fsp3) is 0.105. The average molecular weight is 346 g/mol. The van der Waals surface area contributed by atoms with Crippen molar-refractivity contribution in [1.82, 2.24) is 19.5 Å². The highest BCUT2D eigenvalue weighted by atomic mass is 16.3. The van der Waals surface area contributed by atoms with Crippen molar-refractivity contribution < 1.29 is 9.21 Å². The number of nitrogens with one attached hydrogen (secondary N) is 1. The highest BCUT2D eigenvalue weighted by Gasteiger charge is 2.33. The fourth-order valence-corrected chi connectivity index (χ4v) is 3.27. The van der Waals surface area contributed by atoms with E-state index in [2.05, 4.69) is 10.1 Å². The Kier molecular flexibility index (Phi) is 3.08. The molecule has 0 spiro atoms. The monoisotopic (exact) mass is 346 g/mol. The molecule has 1 aromatic carbocycles. The van der Waals surface area contributed by atoms with Gasteiger partial charge in [0, 0.05) is 6.07 Å². The number of fused-ring (bicyclic) bond motifs is 2. The van der Waals surface area contributed by atoms with Crippen molar-refractivity contribution in [3.63, 3.8) is 0 Å². The normalized spacial score (nSPS) is 13.5. The van der Waals surface area contributed by atoms with Gasteiger partial charge in [-0.05, 0) is 17.7 Å². The van der Waals surface area contributed by atoms with E-state index >= 15 is 0 Å². The molecule has 0 aliphatic carbocycles. The van der Waals surface area contributed by atoms with Gasteiger partial charge in [0.1, 0.15) is 11.5 Å². The fourth-order valence-electron chi connectivity index (χ4n) is 3.27. The number of carbonyl (C=O) groups is 1. The third-order valence-electron chi connectivity index (χ3n) is 4.56. The Labute approximate surface area is 147 Å². The van der Waals surface area contributed by atoms with Crippen LogP contribution in [-0.4, -0.2) is 25.4 Å². The summed E-state index contributed by atoms with van der Waals surface area (Å²) in [5.74, 6) is 0.418. The van der Waals surface area contributed by atoms with Crippen molar-refractivity contribution in [2.75, 3.05) is 0 Å². The molecule has 1 aliphatic rings. The van der Waals surface area contributed by atoms with E-state index in [1.807, 2.05) is 30.3 Å². The number of furan rings is 1. The van der Waals surface area contributed by atoms with E-state index in [-0.39, 0.29) is 23.7 Å². The minimum absolute atomic E-state index is 0.222. The quantitative estimate of drug-likeness (QED) is 0.617. The van der Waals surface area contributed by atoms with Gasteiger partial charge >= 0.3 is 0 Å². The molecule has 0 bridgehead atoms. The Morgan fingerprint density at radius 3 is 2.73 bits per heavy atom. The first kappa shape index (κ1) is 14.7. The highest BCUT2D eigenvalue weighted by Crippen LogP contribution is 2.23.